The van der Waals surface area contributed by atoms with Crippen LogP contribution in [-0.2, 0) is 17.6 Å². The molecule has 0 aliphatic heterocycles. The van der Waals surface area contributed by atoms with Gasteiger partial charge in [0.25, 0.3) is 0 Å². The first-order valence-electron chi connectivity index (χ1n) is 7.50. The van der Waals surface area contributed by atoms with Gasteiger partial charge in [-0.15, -0.1) is 0 Å². The zero-order valence-electron chi connectivity index (χ0n) is 12.7. The molecule has 1 heterocycles. The van der Waals surface area contributed by atoms with Gasteiger partial charge in [0.2, 0.25) is 0 Å². The fraction of sp³-hybridized carbons (Fsp3) is 0.412. The molecule has 0 unspecified atom stereocenters. The fourth-order valence-corrected chi connectivity index (χ4v) is 2.96. The molecule has 0 atom stereocenters. The number of esters is 1. The Balaban J connectivity index is 2.20. The standard InChI is InChI=1S/C17H20N2O2/c1-4-21-17(20)15-14-10-9-12-7-5-6-8-13(12)16(14)19(18-15)11(2)3/h5-8,11H,4,9-10H2,1-3H3. The Morgan fingerprint density at radius 3 is 2.81 bits per heavy atom. The quantitative estimate of drug-likeness (QED) is 0.811. The Morgan fingerprint density at radius 2 is 2.10 bits per heavy atom. The van der Waals surface area contributed by atoms with Gasteiger partial charge in [-0.2, -0.15) is 5.10 Å². The summed E-state index contributed by atoms with van der Waals surface area (Å²) in [5, 5.41) is 4.55. The topological polar surface area (TPSA) is 44.1 Å². The van der Waals surface area contributed by atoms with E-state index in [2.05, 4.69) is 37.1 Å². The number of hydrogen-bond donors (Lipinski definition) is 0. The predicted octanol–water partition coefficient (Wildman–Crippen LogP) is 3.41. The molecule has 1 aliphatic rings. The summed E-state index contributed by atoms with van der Waals surface area (Å²) in [6.07, 6.45) is 1.78. The number of rotatable bonds is 3. The van der Waals surface area contributed by atoms with Gasteiger partial charge in [-0.05, 0) is 39.2 Å². The van der Waals surface area contributed by atoms with Crippen LogP contribution in [0.3, 0.4) is 0 Å². The molecule has 3 rings (SSSR count). The van der Waals surface area contributed by atoms with E-state index in [4.69, 9.17) is 4.74 Å². The largest absolute Gasteiger partial charge is 0.461 e. The molecule has 110 valence electrons. The highest BCUT2D eigenvalue weighted by Crippen LogP contribution is 2.36. The number of benzene rings is 1. The maximum absolute atomic E-state index is 12.2. The van der Waals surface area contributed by atoms with Gasteiger partial charge >= 0.3 is 5.97 Å². The van der Waals surface area contributed by atoms with Crippen molar-refractivity contribution in [1.29, 1.82) is 0 Å². The second-order valence-electron chi connectivity index (χ2n) is 5.59. The van der Waals surface area contributed by atoms with Crippen LogP contribution in [0.2, 0.25) is 0 Å². The molecule has 1 aliphatic carbocycles. The van der Waals surface area contributed by atoms with Crippen molar-refractivity contribution in [2.45, 2.75) is 39.7 Å². The number of ether oxygens (including phenoxy) is 1. The zero-order valence-corrected chi connectivity index (χ0v) is 12.7. The second kappa shape index (κ2) is 5.35. The number of hydrogen-bond acceptors (Lipinski definition) is 3. The summed E-state index contributed by atoms with van der Waals surface area (Å²) in [6.45, 7) is 6.36. The van der Waals surface area contributed by atoms with Crippen molar-refractivity contribution < 1.29 is 9.53 Å². The van der Waals surface area contributed by atoms with Crippen LogP contribution in [0.15, 0.2) is 24.3 Å². The summed E-state index contributed by atoms with van der Waals surface area (Å²) < 4.78 is 7.12. The summed E-state index contributed by atoms with van der Waals surface area (Å²) in [6, 6.07) is 8.57. The lowest BCUT2D eigenvalue weighted by Gasteiger charge is -2.19. The minimum absolute atomic E-state index is 0.202. The molecule has 1 aromatic carbocycles. The molecule has 0 N–H and O–H groups in total. The van der Waals surface area contributed by atoms with Gasteiger partial charge in [0.15, 0.2) is 5.69 Å². The lowest BCUT2D eigenvalue weighted by atomic mass is 9.89. The normalized spacial score (nSPS) is 13.0. The summed E-state index contributed by atoms with van der Waals surface area (Å²) in [4.78, 5) is 12.2. The molecule has 0 saturated carbocycles. The summed E-state index contributed by atoms with van der Waals surface area (Å²) in [5.41, 5.74) is 5.10. The van der Waals surface area contributed by atoms with Crippen molar-refractivity contribution in [3.05, 3.63) is 41.1 Å². The molecule has 1 aromatic heterocycles. The Kier molecular flexibility index (Phi) is 3.53. The van der Waals surface area contributed by atoms with Crippen molar-refractivity contribution in [3.63, 3.8) is 0 Å². The summed E-state index contributed by atoms with van der Waals surface area (Å²) in [5.74, 6) is -0.312. The Morgan fingerprint density at radius 1 is 1.33 bits per heavy atom. The second-order valence-corrected chi connectivity index (χ2v) is 5.59. The minimum Gasteiger partial charge on any atom is -0.461 e. The highest BCUT2D eigenvalue weighted by atomic mass is 16.5. The molecule has 2 aromatic rings. The molecule has 0 fully saturated rings. The minimum atomic E-state index is -0.312. The SMILES string of the molecule is CCOC(=O)c1nn(C(C)C)c2c1CCc1ccccc1-2. The first kappa shape index (κ1) is 13.9. The number of fused-ring (bicyclic) bond motifs is 3. The van der Waals surface area contributed by atoms with E-state index in [9.17, 15) is 4.79 Å². The van der Waals surface area contributed by atoms with Crippen molar-refractivity contribution in [3.8, 4) is 11.3 Å². The number of aromatic nitrogens is 2. The first-order valence-corrected chi connectivity index (χ1v) is 7.50. The molecule has 21 heavy (non-hydrogen) atoms. The number of carbonyl (C=O) groups excluding carboxylic acids is 1. The number of aryl methyl sites for hydroxylation is 1. The number of carbonyl (C=O) groups is 1. The molecular formula is C17H20N2O2. The van der Waals surface area contributed by atoms with E-state index in [1.807, 2.05) is 17.7 Å². The maximum atomic E-state index is 12.2. The van der Waals surface area contributed by atoms with Crippen molar-refractivity contribution in [2.75, 3.05) is 6.61 Å². The molecule has 4 heteroatoms. The van der Waals surface area contributed by atoms with E-state index < -0.39 is 0 Å². The Labute approximate surface area is 124 Å². The lowest BCUT2D eigenvalue weighted by Crippen LogP contribution is -2.10. The van der Waals surface area contributed by atoms with Gasteiger partial charge in [0.05, 0.1) is 12.3 Å². The lowest BCUT2D eigenvalue weighted by molar-refractivity contribution is 0.0517. The van der Waals surface area contributed by atoms with Gasteiger partial charge in [-0.1, -0.05) is 24.3 Å². The van der Waals surface area contributed by atoms with Gasteiger partial charge in [0.1, 0.15) is 0 Å². The summed E-state index contributed by atoms with van der Waals surface area (Å²) in [7, 11) is 0. The van der Waals surface area contributed by atoms with E-state index in [-0.39, 0.29) is 12.0 Å². The third-order valence-corrected chi connectivity index (χ3v) is 3.88. The van der Waals surface area contributed by atoms with E-state index in [1.54, 1.807) is 0 Å². The van der Waals surface area contributed by atoms with Crippen molar-refractivity contribution >= 4 is 5.97 Å². The van der Waals surface area contributed by atoms with Crippen LogP contribution >= 0.6 is 0 Å². The predicted molar refractivity (Wildman–Crippen MR) is 81.4 cm³/mol. The first-order chi connectivity index (χ1) is 10.1. The molecule has 0 spiro atoms. The van der Waals surface area contributed by atoms with Crippen LogP contribution in [-0.4, -0.2) is 22.4 Å². The molecular weight excluding hydrogens is 264 g/mol. The van der Waals surface area contributed by atoms with E-state index >= 15 is 0 Å². The molecule has 0 bridgehead atoms. The molecule has 0 saturated heterocycles. The maximum Gasteiger partial charge on any atom is 0.359 e. The average molecular weight is 284 g/mol. The molecule has 0 amide bonds. The van der Waals surface area contributed by atoms with Crippen LogP contribution in [0, 0.1) is 0 Å². The fourth-order valence-electron chi connectivity index (χ4n) is 2.96. The molecule has 0 radical (unpaired) electrons. The van der Waals surface area contributed by atoms with Gasteiger partial charge in [-0.3, -0.25) is 4.68 Å². The van der Waals surface area contributed by atoms with Crippen LogP contribution < -0.4 is 0 Å². The van der Waals surface area contributed by atoms with E-state index in [1.165, 1.54) is 11.1 Å². The molecule has 4 nitrogen and oxygen atoms in total. The van der Waals surface area contributed by atoms with Gasteiger partial charge < -0.3 is 4.74 Å². The average Bonchev–Trinajstić information content (AvgIpc) is 2.87. The van der Waals surface area contributed by atoms with Crippen molar-refractivity contribution in [1.82, 2.24) is 9.78 Å². The van der Waals surface area contributed by atoms with Gasteiger partial charge in [0, 0.05) is 17.2 Å². The van der Waals surface area contributed by atoms with Crippen LogP contribution in [0.25, 0.3) is 11.3 Å². The highest BCUT2D eigenvalue weighted by molar-refractivity contribution is 5.92. The van der Waals surface area contributed by atoms with Crippen LogP contribution in [0.5, 0.6) is 0 Å². The van der Waals surface area contributed by atoms with Crippen LogP contribution in [0.1, 0.15) is 48.4 Å². The zero-order chi connectivity index (χ0) is 15.0. The van der Waals surface area contributed by atoms with Crippen LogP contribution in [0.4, 0.5) is 0 Å². The van der Waals surface area contributed by atoms with E-state index in [0.717, 1.165) is 24.1 Å². The Bertz CT molecular complexity index is 686. The summed E-state index contributed by atoms with van der Waals surface area (Å²) >= 11 is 0. The number of nitrogens with zero attached hydrogens (tertiary/aromatic N) is 2. The van der Waals surface area contributed by atoms with E-state index in [0.29, 0.717) is 12.3 Å². The van der Waals surface area contributed by atoms with Gasteiger partial charge in [-0.25, -0.2) is 4.79 Å². The monoisotopic (exact) mass is 284 g/mol. The smallest absolute Gasteiger partial charge is 0.359 e. The third kappa shape index (κ3) is 2.24. The highest BCUT2D eigenvalue weighted by Gasteiger charge is 2.29. The van der Waals surface area contributed by atoms with Crippen molar-refractivity contribution in [2.24, 2.45) is 0 Å². The Hall–Kier alpha value is -2.10. The third-order valence-electron chi connectivity index (χ3n) is 3.88.